The van der Waals surface area contributed by atoms with Crippen molar-refractivity contribution < 1.29 is 13.3 Å². The summed E-state index contributed by atoms with van der Waals surface area (Å²) < 4.78 is 28.8. The van der Waals surface area contributed by atoms with Gasteiger partial charge < -0.3 is 4.90 Å². The van der Waals surface area contributed by atoms with Gasteiger partial charge in [-0.3, -0.25) is 9.36 Å². The lowest BCUT2D eigenvalue weighted by molar-refractivity contribution is -0.926. The van der Waals surface area contributed by atoms with E-state index in [2.05, 4.69) is 0 Å². The zero-order valence-corrected chi connectivity index (χ0v) is 15.4. The molecule has 3 rings (SSSR count). The fraction of sp³-hybridized carbons (Fsp3) is 0.375. The lowest BCUT2D eigenvalue weighted by Gasteiger charge is -2.31. The molecule has 2 aromatic rings. The van der Waals surface area contributed by atoms with Crippen molar-refractivity contribution in [2.75, 3.05) is 26.2 Å². The minimum absolute atomic E-state index is 0.0167. The highest BCUT2D eigenvalue weighted by atomic mass is 32.2. The Hall–Kier alpha value is -1.99. The zero-order chi connectivity index (χ0) is 18.0. The smallest absolute Gasteiger partial charge is 0.311 e. The number of hydrogen-bond acceptors (Lipinski definition) is 5. The second-order valence-corrected chi connectivity index (χ2v) is 8.72. The second-order valence-electron chi connectivity index (χ2n) is 5.99. The van der Waals surface area contributed by atoms with Crippen LogP contribution in [0.4, 0.5) is 0 Å². The summed E-state index contributed by atoms with van der Waals surface area (Å²) in [5.74, 6) is 0. The van der Waals surface area contributed by atoms with Crippen molar-refractivity contribution in [1.29, 1.82) is 5.26 Å². The molecule has 1 aromatic carbocycles. The van der Waals surface area contributed by atoms with E-state index in [0.717, 1.165) is 5.69 Å². The van der Waals surface area contributed by atoms with E-state index in [-0.39, 0.29) is 15.3 Å². The molecule has 0 aliphatic carbocycles. The van der Waals surface area contributed by atoms with E-state index in [1.165, 1.54) is 32.7 Å². The predicted octanol–water partition coefficient (Wildman–Crippen LogP) is -0.363. The van der Waals surface area contributed by atoms with Crippen LogP contribution in [0.1, 0.15) is 11.3 Å². The number of sulfonamides is 1. The summed E-state index contributed by atoms with van der Waals surface area (Å²) >= 11 is 1.18. The van der Waals surface area contributed by atoms with E-state index in [4.69, 9.17) is 5.26 Å². The number of rotatable bonds is 4. The van der Waals surface area contributed by atoms with E-state index in [9.17, 15) is 13.2 Å². The summed E-state index contributed by atoms with van der Waals surface area (Å²) in [5, 5.41) is 11.0. The molecular formula is C16H19N4O3S2+. The van der Waals surface area contributed by atoms with Crippen molar-refractivity contribution in [3.63, 3.8) is 0 Å². The molecule has 1 aliphatic rings. The van der Waals surface area contributed by atoms with Gasteiger partial charge in [0.15, 0.2) is 6.67 Å². The predicted molar refractivity (Wildman–Crippen MR) is 93.9 cm³/mol. The van der Waals surface area contributed by atoms with Crippen LogP contribution < -0.4 is 9.77 Å². The normalized spacial score (nSPS) is 16.6. The molecule has 1 N–H and O–H groups in total. The molecule has 1 saturated heterocycles. The number of piperazine rings is 1. The minimum atomic E-state index is -3.68. The van der Waals surface area contributed by atoms with Crippen molar-refractivity contribution in [1.82, 2.24) is 8.87 Å². The first-order chi connectivity index (χ1) is 11.9. The lowest BCUT2D eigenvalue weighted by atomic mass is 10.2. The zero-order valence-electron chi connectivity index (χ0n) is 13.8. The van der Waals surface area contributed by atoms with Gasteiger partial charge in [-0.1, -0.05) is 23.5 Å². The molecule has 7 nitrogen and oxygen atoms in total. The van der Waals surface area contributed by atoms with E-state index in [0.29, 0.717) is 32.8 Å². The Morgan fingerprint density at radius 3 is 2.56 bits per heavy atom. The van der Waals surface area contributed by atoms with E-state index >= 15 is 0 Å². The summed E-state index contributed by atoms with van der Waals surface area (Å²) in [5.41, 5.74) is 1.10. The average molecular weight is 379 g/mol. The number of benzene rings is 1. The highest BCUT2D eigenvalue weighted by molar-refractivity contribution is 7.89. The molecule has 0 radical (unpaired) electrons. The molecule has 0 atom stereocenters. The molecule has 2 heterocycles. The summed E-state index contributed by atoms with van der Waals surface area (Å²) in [6.45, 7) is 4.43. The van der Waals surface area contributed by atoms with Crippen LogP contribution in [-0.2, 0) is 16.7 Å². The largest absolute Gasteiger partial charge is 0.315 e. The summed E-state index contributed by atoms with van der Waals surface area (Å²) in [6.07, 6.45) is 0. The third-order valence-electron chi connectivity index (χ3n) is 4.41. The fourth-order valence-electron chi connectivity index (χ4n) is 2.94. The molecule has 1 fully saturated rings. The number of thiazole rings is 1. The molecule has 1 aromatic heterocycles. The van der Waals surface area contributed by atoms with Gasteiger partial charge in [-0.2, -0.15) is 9.57 Å². The van der Waals surface area contributed by atoms with Crippen molar-refractivity contribution in [2.45, 2.75) is 18.5 Å². The molecule has 9 heteroatoms. The number of nitrogens with one attached hydrogen (secondary N) is 1. The topological polar surface area (TPSA) is 87.6 Å². The third kappa shape index (κ3) is 3.52. The summed E-state index contributed by atoms with van der Waals surface area (Å²) in [4.78, 5) is 13.1. The van der Waals surface area contributed by atoms with Crippen molar-refractivity contribution in [3.05, 3.63) is 50.6 Å². The molecule has 0 bridgehead atoms. The van der Waals surface area contributed by atoms with E-state index in [1.807, 2.05) is 18.4 Å². The van der Waals surface area contributed by atoms with Crippen molar-refractivity contribution >= 4 is 21.4 Å². The van der Waals surface area contributed by atoms with Gasteiger partial charge in [0, 0.05) is 11.1 Å². The van der Waals surface area contributed by atoms with Gasteiger partial charge in [0.25, 0.3) is 0 Å². The van der Waals surface area contributed by atoms with Gasteiger partial charge >= 0.3 is 4.87 Å². The number of nitrogens with zero attached hydrogens (tertiary/aromatic N) is 3. The maximum absolute atomic E-state index is 12.8. The standard InChI is InChI=1S/C16H18N4O3S2/c1-13-11-24-16(21)20(13)12-18-6-8-19(9-7-18)25(22,23)15-5-3-2-4-14(15)10-17/h2-5,11H,6-9,12H2,1H3/p+1. The Kier molecular flexibility index (Phi) is 5.06. The molecular weight excluding hydrogens is 360 g/mol. The van der Waals surface area contributed by atoms with Crippen LogP contribution in [0.3, 0.4) is 0 Å². The Labute approximate surface area is 150 Å². The van der Waals surface area contributed by atoms with Gasteiger partial charge in [-0.05, 0) is 19.1 Å². The summed E-state index contributed by atoms with van der Waals surface area (Å²) in [7, 11) is -3.68. The number of quaternary nitrogens is 1. The third-order valence-corrected chi connectivity index (χ3v) is 7.25. The van der Waals surface area contributed by atoms with Crippen LogP contribution in [0.15, 0.2) is 39.3 Å². The Balaban J connectivity index is 1.72. The quantitative estimate of drug-likeness (QED) is 0.786. The number of aryl methyl sites for hydroxylation is 1. The first-order valence-corrected chi connectivity index (χ1v) is 10.2. The molecule has 0 amide bonds. The van der Waals surface area contributed by atoms with Crippen LogP contribution in [0, 0.1) is 18.3 Å². The van der Waals surface area contributed by atoms with Gasteiger partial charge in [0.1, 0.15) is 6.07 Å². The number of hydrogen-bond donors (Lipinski definition) is 1. The van der Waals surface area contributed by atoms with Gasteiger partial charge in [0.2, 0.25) is 10.0 Å². The van der Waals surface area contributed by atoms with E-state index < -0.39 is 10.0 Å². The molecule has 25 heavy (non-hydrogen) atoms. The van der Waals surface area contributed by atoms with Crippen molar-refractivity contribution in [3.8, 4) is 6.07 Å². The monoisotopic (exact) mass is 379 g/mol. The minimum Gasteiger partial charge on any atom is -0.315 e. The average Bonchev–Trinajstić information content (AvgIpc) is 2.94. The highest BCUT2D eigenvalue weighted by Crippen LogP contribution is 2.19. The molecule has 1 aliphatic heterocycles. The van der Waals surface area contributed by atoms with Gasteiger partial charge in [-0.25, -0.2) is 8.42 Å². The second kappa shape index (κ2) is 7.09. The summed E-state index contributed by atoms with van der Waals surface area (Å²) in [6, 6.07) is 8.21. The molecule has 0 spiro atoms. The molecule has 0 saturated carbocycles. The number of nitriles is 1. The Morgan fingerprint density at radius 2 is 1.96 bits per heavy atom. The van der Waals surface area contributed by atoms with Crippen LogP contribution in [0.2, 0.25) is 0 Å². The first kappa shape index (κ1) is 17.8. The van der Waals surface area contributed by atoms with Gasteiger partial charge in [-0.15, -0.1) is 0 Å². The van der Waals surface area contributed by atoms with E-state index in [1.54, 1.807) is 16.7 Å². The maximum atomic E-state index is 12.8. The molecule has 132 valence electrons. The van der Waals surface area contributed by atoms with Gasteiger partial charge in [0.05, 0.1) is 36.6 Å². The maximum Gasteiger partial charge on any atom is 0.311 e. The SMILES string of the molecule is Cc1csc(=O)n1C[NH+]1CCN(S(=O)(=O)c2ccccc2C#N)CC1. The lowest BCUT2D eigenvalue weighted by Crippen LogP contribution is -3.14. The highest BCUT2D eigenvalue weighted by Gasteiger charge is 2.32. The van der Waals surface area contributed by atoms with Crippen LogP contribution in [0.25, 0.3) is 0 Å². The Morgan fingerprint density at radius 1 is 1.28 bits per heavy atom. The number of aromatic nitrogens is 1. The molecule has 0 unspecified atom stereocenters. The Bertz CT molecular complexity index is 964. The van der Waals surface area contributed by atoms with Crippen LogP contribution in [-0.4, -0.2) is 43.5 Å². The fourth-order valence-corrected chi connectivity index (χ4v) is 5.26. The van der Waals surface area contributed by atoms with Crippen LogP contribution in [0.5, 0.6) is 0 Å². The first-order valence-electron chi connectivity index (χ1n) is 7.91. The van der Waals surface area contributed by atoms with Crippen LogP contribution >= 0.6 is 11.3 Å². The van der Waals surface area contributed by atoms with Crippen molar-refractivity contribution in [2.24, 2.45) is 0 Å².